The monoisotopic (exact) mass is 560 g/mol. The molecule has 42 heavy (non-hydrogen) atoms. The van der Waals surface area contributed by atoms with E-state index in [0.29, 0.717) is 0 Å². The molecule has 0 aromatic heterocycles. The van der Waals surface area contributed by atoms with Crippen LogP contribution in [0.2, 0.25) is 0 Å². The zero-order valence-corrected chi connectivity index (χ0v) is 26.2. The zero-order valence-electron chi connectivity index (χ0n) is 26.2. The maximum absolute atomic E-state index is 12.3. The Morgan fingerprint density at radius 3 is 1.05 bits per heavy atom. The molecular weight excluding hydrogens is 516 g/mol. The van der Waals surface area contributed by atoms with E-state index in [2.05, 4.69) is 74.2 Å². The van der Waals surface area contributed by atoms with Crippen LogP contribution in [-0.2, 0) is 5.60 Å². The Hall–Kier alpha value is -4.48. The Morgan fingerprint density at radius 2 is 0.762 bits per heavy atom. The quantitative estimate of drug-likeness (QED) is 0.214. The summed E-state index contributed by atoms with van der Waals surface area (Å²) < 4.78 is 0. The van der Waals surface area contributed by atoms with Crippen LogP contribution in [0.3, 0.4) is 0 Å². The maximum atomic E-state index is 12.3. The van der Waals surface area contributed by atoms with Gasteiger partial charge in [-0.15, -0.1) is 0 Å². The van der Waals surface area contributed by atoms with Crippen LogP contribution in [0.4, 0.5) is 22.7 Å². The van der Waals surface area contributed by atoms with Gasteiger partial charge in [0.15, 0.2) is 0 Å². The van der Waals surface area contributed by atoms with Crippen molar-refractivity contribution in [1.82, 2.24) is 0 Å². The van der Waals surface area contributed by atoms with Gasteiger partial charge in [0.25, 0.3) is 0 Å². The van der Waals surface area contributed by atoms with Gasteiger partial charge in [-0.3, -0.25) is 0 Å². The van der Waals surface area contributed by atoms with Gasteiger partial charge in [0.05, 0.1) is 0 Å². The van der Waals surface area contributed by atoms with Crippen molar-refractivity contribution >= 4 is 28.3 Å². The number of benzene rings is 4. The Kier molecular flexibility index (Phi) is 9.44. The van der Waals surface area contributed by atoms with E-state index >= 15 is 0 Å². The lowest BCUT2D eigenvalue weighted by molar-refractivity contribution is 0.134. The minimum absolute atomic E-state index is 0.808. The highest BCUT2D eigenvalue weighted by atomic mass is 16.3. The Balaban J connectivity index is 1.81. The smallest absolute Gasteiger partial charge is 0.133 e. The molecule has 4 aromatic rings. The fourth-order valence-electron chi connectivity index (χ4n) is 4.91. The summed E-state index contributed by atoms with van der Waals surface area (Å²) in [6.45, 7) is 0. The summed E-state index contributed by atoms with van der Waals surface area (Å²) in [7, 11) is 16.3. The molecule has 4 rings (SSSR count). The molecule has 0 bridgehead atoms. The van der Waals surface area contributed by atoms with E-state index in [1.165, 1.54) is 0 Å². The fraction of sp³-hybridized carbons (Fsp3) is 0.243. The van der Waals surface area contributed by atoms with E-state index in [9.17, 15) is 5.11 Å². The maximum Gasteiger partial charge on any atom is 0.133 e. The van der Waals surface area contributed by atoms with Crippen molar-refractivity contribution in [3.63, 3.8) is 0 Å². The van der Waals surface area contributed by atoms with Crippen molar-refractivity contribution in [1.29, 1.82) is 0 Å². The van der Waals surface area contributed by atoms with Crippen LogP contribution >= 0.6 is 0 Å². The molecule has 0 saturated heterocycles. The number of aliphatic hydroxyl groups is 1. The first-order chi connectivity index (χ1) is 20.0. The molecule has 218 valence electrons. The molecule has 0 aliphatic carbocycles. The minimum atomic E-state index is -1.32. The molecule has 5 nitrogen and oxygen atoms in total. The molecule has 1 N–H and O–H groups in total. The summed E-state index contributed by atoms with van der Waals surface area (Å²) in [4.78, 5) is 8.32. The number of hydrogen-bond acceptors (Lipinski definition) is 5. The van der Waals surface area contributed by atoms with Crippen molar-refractivity contribution in [2.45, 2.75) is 5.60 Å². The predicted molar refractivity (Wildman–Crippen MR) is 182 cm³/mol. The molecule has 0 saturated carbocycles. The van der Waals surface area contributed by atoms with Crippen molar-refractivity contribution in [3.05, 3.63) is 138 Å². The average Bonchev–Trinajstić information content (AvgIpc) is 2.99. The molecule has 5 heteroatoms. The molecule has 0 heterocycles. The van der Waals surface area contributed by atoms with E-state index in [4.69, 9.17) is 0 Å². The van der Waals surface area contributed by atoms with Crippen molar-refractivity contribution in [3.8, 4) is 0 Å². The van der Waals surface area contributed by atoms with Gasteiger partial charge in [-0.25, -0.2) is 0 Å². The third-order valence-electron chi connectivity index (χ3n) is 7.64. The zero-order chi connectivity index (χ0) is 30.4. The first-order valence-corrected chi connectivity index (χ1v) is 14.2. The lowest BCUT2D eigenvalue weighted by atomic mass is 9.85. The first-order valence-electron chi connectivity index (χ1n) is 14.2. The molecule has 0 aliphatic rings. The number of rotatable bonds is 10. The van der Waals surface area contributed by atoms with E-state index in [1.807, 2.05) is 117 Å². The van der Waals surface area contributed by atoms with Crippen LogP contribution < -0.4 is 19.6 Å². The third kappa shape index (κ3) is 6.87. The third-order valence-corrected chi connectivity index (χ3v) is 7.64. The van der Waals surface area contributed by atoms with Gasteiger partial charge < -0.3 is 24.7 Å². The van der Waals surface area contributed by atoms with E-state index in [1.54, 1.807) is 0 Å². The normalized spacial score (nSPS) is 11.4. The van der Waals surface area contributed by atoms with Gasteiger partial charge in [-0.05, 0) is 82.4 Å². The highest BCUT2D eigenvalue weighted by molar-refractivity contribution is 5.82. The predicted octanol–water partition coefficient (Wildman–Crippen LogP) is 6.87. The summed E-state index contributed by atoms with van der Waals surface area (Å²) in [5, 5.41) is 12.3. The van der Waals surface area contributed by atoms with Crippen LogP contribution in [0.5, 0.6) is 0 Å². The van der Waals surface area contributed by atoms with E-state index in [-0.39, 0.29) is 0 Å². The lowest BCUT2D eigenvalue weighted by Crippen LogP contribution is -2.25. The first kappa shape index (κ1) is 30.5. The number of anilines is 4. The van der Waals surface area contributed by atoms with Crippen LogP contribution in [0, 0.1) is 0 Å². The Morgan fingerprint density at radius 1 is 0.476 bits per heavy atom. The molecule has 0 unspecified atom stereocenters. The van der Waals surface area contributed by atoms with Gasteiger partial charge in [0, 0.05) is 79.1 Å². The molecule has 0 atom stereocenters. The highest BCUT2D eigenvalue weighted by Crippen LogP contribution is 2.34. The second-order valence-corrected chi connectivity index (χ2v) is 11.5. The van der Waals surface area contributed by atoms with Crippen LogP contribution in [0.1, 0.15) is 22.3 Å². The summed E-state index contributed by atoms with van der Waals surface area (Å²) >= 11 is 0. The van der Waals surface area contributed by atoms with Gasteiger partial charge in [-0.2, -0.15) is 0 Å². The van der Waals surface area contributed by atoms with E-state index < -0.39 is 5.60 Å². The van der Waals surface area contributed by atoms with Gasteiger partial charge in [0.1, 0.15) is 5.60 Å². The lowest BCUT2D eigenvalue weighted by Gasteiger charge is -2.27. The van der Waals surface area contributed by atoms with Crippen molar-refractivity contribution < 1.29 is 5.11 Å². The summed E-state index contributed by atoms with van der Waals surface area (Å²) in [5.41, 5.74) is 8.05. The van der Waals surface area contributed by atoms with Crippen molar-refractivity contribution in [2.24, 2.45) is 0 Å². The summed E-state index contributed by atoms with van der Waals surface area (Å²) in [6, 6.07) is 33.3. The SMILES string of the molecule is CN(C)c1ccc(C(=C/C=C/C(O)(c2ccc(N(C)C)cc2)c2ccc(N(C)C)cc2)c2ccc(N(C)C)cc2)cc1. The van der Waals surface area contributed by atoms with Gasteiger partial charge in [-0.1, -0.05) is 60.7 Å². The average molecular weight is 561 g/mol. The molecule has 0 spiro atoms. The van der Waals surface area contributed by atoms with Crippen LogP contribution in [-0.4, -0.2) is 61.5 Å². The Labute approximate surface area is 252 Å². The molecule has 0 aliphatic heterocycles. The topological polar surface area (TPSA) is 33.2 Å². The Bertz CT molecular complexity index is 1390. The second kappa shape index (κ2) is 13.0. The standard InChI is InChI=1S/C37H44N4O/c1-38(2)32-19-11-28(12-20-32)36(29-13-21-33(22-14-29)39(3)4)10-9-27-37(42,30-15-23-34(24-16-30)40(5)6)31-17-25-35(26-18-31)41(7)8/h9-27,42H,1-8H3/b27-9+. The molecular formula is C37H44N4O. The summed E-state index contributed by atoms with van der Waals surface area (Å²) in [5.74, 6) is 0. The van der Waals surface area contributed by atoms with Crippen molar-refractivity contribution in [2.75, 3.05) is 76.0 Å². The number of nitrogens with zero attached hydrogens (tertiary/aromatic N) is 4. The van der Waals surface area contributed by atoms with Crippen LogP contribution in [0.25, 0.3) is 5.57 Å². The second-order valence-electron chi connectivity index (χ2n) is 11.5. The van der Waals surface area contributed by atoms with E-state index in [0.717, 1.165) is 50.6 Å². The molecule has 0 amide bonds. The molecule has 0 radical (unpaired) electrons. The number of hydrogen-bond donors (Lipinski definition) is 1. The largest absolute Gasteiger partial charge is 0.378 e. The van der Waals surface area contributed by atoms with Gasteiger partial charge >= 0.3 is 0 Å². The fourth-order valence-corrected chi connectivity index (χ4v) is 4.91. The minimum Gasteiger partial charge on any atom is -0.378 e. The molecule has 0 fully saturated rings. The highest BCUT2D eigenvalue weighted by Gasteiger charge is 2.28. The van der Waals surface area contributed by atoms with Crippen LogP contribution in [0.15, 0.2) is 115 Å². The van der Waals surface area contributed by atoms with Gasteiger partial charge in [0.2, 0.25) is 0 Å². The summed E-state index contributed by atoms with van der Waals surface area (Å²) in [6.07, 6.45) is 5.97. The molecule has 4 aromatic carbocycles. The number of allylic oxidation sites excluding steroid dienone is 2.